The van der Waals surface area contributed by atoms with Gasteiger partial charge >= 0.3 is 0 Å². The van der Waals surface area contributed by atoms with Gasteiger partial charge in [-0.15, -0.1) is 0 Å². The van der Waals surface area contributed by atoms with E-state index in [0.29, 0.717) is 6.04 Å². The second-order valence-electron chi connectivity index (χ2n) is 6.39. The molecule has 110 valence electrons. The van der Waals surface area contributed by atoms with E-state index in [2.05, 4.69) is 40.8 Å². The molecule has 20 heavy (non-hydrogen) atoms. The van der Waals surface area contributed by atoms with Gasteiger partial charge in [-0.3, -0.25) is 14.8 Å². The highest BCUT2D eigenvalue weighted by molar-refractivity contribution is 5.19. The first-order valence-electron chi connectivity index (χ1n) is 8.18. The van der Waals surface area contributed by atoms with Gasteiger partial charge in [0.2, 0.25) is 0 Å². The summed E-state index contributed by atoms with van der Waals surface area (Å²) in [6.45, 7) is 9.39. The fourth-order valence-corrected chi connectivity index (χ4v) is 3.76. The van der Waals surface area contributed by atoms with E-state index < -0.39 is 0 Å². The van der Waals surface area contributed by atoms with Gasteiger partial charge in [-0.25, -0.2) is 0 Å². The number of aryl methyl sites for hydroxylation is 1. The highest BCUT2D eigenvalue weighted by Gasteiger charge is 2.33. The quantitative estimate of drug-likeness (QED) is 0.844. The van der Waals surface area contributed by atoms with Gasteiger partial charge in [0.15, 0.2) is 0 Å². The fourth-order valence-electron chi connectivity index (χ4n) is 3.76. The Morgan fingerprint density at radius 3 is 3.05 bits per heavy atom. The number of rotatable bonds is 3. The first kappa shape index (κ1) is 14.0. The Hall–Kier alpha value is -0.930. The summed E-state index contributed by atoms with van der Waals surface area (Å²) in [6, 6.07) is 5.72. The van der Waals surface area contributed by atoms with Crippen molar-refractivity contribution in [2.45, 2.75) is 58.2 Å². The summed E-state index contributed by atoms with van der Waals surface area (Å²) in [7, 11) is 0. The molecular formula is C17H27N3. The molecule has 3 heteroatoms. The minimum Gasteiger partial charge on any atom is -0.298 e. The highest BCUT2D eigenvalue weighted by Crippen LogP contribution is 2.25. The van der Waals surface area contributed by atoms with Crippen LogP contribution in [0.15, 0.2) is 18.3 Å². The molecule has 2 aliphatic rings. The van der Waals surface area contributed by atoms with Crippen LogP contribution in [0.5, 0.6) is 0 Å². The summed E-state index contributed by atoms with van der Waals surface area (Å²) in [5, 5.41) is 0. The lowest BCUT2D eigenvalue weighted by atomic mass is 9.96. The third kappa shape index (κ3) is 2.89. The molecule has 0 saturated carbocycles. The monoisotopic (exact) mass is 273 g/mol. The number of aromatic nitrogens is 1. The number of piperazine rings is 1. The van der Waals surface area contributed by atoms with Crippen LogP contribution in [-0.2, 0) is 13.0 Å². The van der Waals surface area contributed by atoms with Gasteiger partial charge in [-0.2, -0.15) is 0 Å². The maximum Gasteiger partial charge on any atom is 0.0575 e. The molecular weight excluding hydrogens is 246 g/mol. The van der Waals surface area contributed by atoms with E-state index in [1.165, 1.54) is 50.2 Å². The van der Waals surface area contributed by atoms with Gasteiger partial charge in [0.05, 0.1) is 5.69 Å². The second-order valence-corrected chi connectivity index (χ2v) is 6.39. The van der Waals surface area contributed by atoms with Crippen LogP contribution in [0.25, 0.3) is 0 Å². The molecule has 2 fully saturated rings. The molecule has 1 aromatic heterocycles. The summed E-state index contributed by atoms with van der Waals surface area (Å²) >= 11 is 0. The summed E-state index contributed by atoms with van der Waals surface area (Å²) in [5.74, 6) is 0. The minimum atomic E-state index is 0.649. The first-order valence-corrected chi connectivity index (χ1v) is 8.18. The third-order valence-corrected chi connectivity index (χ3v) is 5.03. The molecule has 2 atom stereocenters. The maximum absolute atomic E-state index is 4.63. The molecule has 2 saturated heterocycles. The fraction of sp³-hybridized carbons (Fsp3) is 0.706. The average molecular weight is 273 g/mol. The van der Waals surface area contributed by atoms with Gasteiger partial charge in [0.1, 0.15) is 0 Å². The van der Waals surface area contributed by atoms with Crippen molar-refractivity contribution in [3.05, 3.63) is 29.6 Å². The summed E-state index contributed by atoms with van der Waals surface area (Å²) < 4.78 is 0. The molecule has 0 radical (unpaired) electrons. The highest BCUT2D eigenvalue weighted by atomic mass is 15.3. The van der Waals surface area contributed by atoms with Gasteiger partial charge in [0.25, 0.3) is 0 Å². The second kappa shape index (κ2) is 6.23. The van der Waals surface area contributed by atoms with Crippen LogP contribution >= 0.6 is 0 Å². The smallest absolute Gasteiger partial charge is 0.0575 e. The number of fused-ring (bicyclic) bond motifs is 1. The molecule has 3 nitrogen and oxygen atoms in total. The Labute approximate surface area is 123 Å². The predicted molar refractivity (Wildman–Crippen MR) is 82.7 cm³/mol. The number of nitrogens with zero attached hydrogens (tertiary/aromatic N) is 3. The van der Waals surface area contributed by atoms with E-state index >= 15 is 0 Å². The lowest BCUT2D eigenvalue weighted by Gasteiger charge is -2.47. The predicted octanol–water partition coefficient (Wildman–Crippen LogP) is 2.70. The normalized spacial score (nSPS) is 28.3. The minimum absolute atomic E-state index is 0.649. The average Bonchev–Trinajstić information content (AvgIpc) is 2.48. The van der Waals surface area contributed by atoms with Crippen molar-refractivity contribution in [3.63, 3.8) is 0 Å². The van der Waals surface area contributed by atoms with E-state index in [-0.39, 0.29) is 0 Å². The Balaban J connectivity index is 1.70. The first-order chi connectivity index (χ1) is 9.78. The van der Waals surface area contributed by atoms with Crippen LogP contribution in [0.1, 0.15) is 44.4 Å². The lowest BCUT2D eigenvalue weighted by Crippen LogP contribution is -2.58. The molecule has 0 N–H and O–H groups in total. The zero-order valence-corrected chi connectivity index (χ0v) is 12.9. The van der Waals surface area contributed by atoms with Gasteiger partial charge in [-0.05, 0) is 44.4 Å². The molecule has 2 unspecified atom stereocenters. The Kier molecular flexibility index (Phi) is 4.37. The number of piperidine rings is 1. The van der Waals surface area contributed by atoms with Crippen molar-refractivity contribution >= 4 is 0 Å². The van der Waals surface area contributed by atoms with E-state index in [1.54, 1.807) is 0 Å². The topological polar surface area (TPSA) is 19.4 Å². The largest absolute Gasteiger partial charge is 0.298 e. The van der Waals surface area contributed by atoms with Crippen LogP contribution in [0.3, 0.4) is 0 Å². The third-order valence-electron chi connectivity index (χ3n) is 5.03. The van der Waals surface area contributed by atoms with Crippen molar-refractivity contribution in [3.8, 4) is 0 Å². The van der Waals surface area contributed by atoms with Crippen molar-refractivity contribution in [2.24, 2.45) is 0 Å². The zero-order valence-electron chi connectivity index (χ0n) is 12.9. The SMILES string of the molecule is CCc1cccnc1CN1CC2CCCCN2CC1C. The summed E-state index contributed by atoms with van der Waals surface area (Å²) in [5.41, 5.74) is 2.69. The number of hydrogen-bond acceptors (Lipinski definition) is 3. The Morgan fingerprint density at radius 1 is 1.30 bits per heavy atom. The van der Waals surface area contributed by atoms with Crippen LogP contribution in [0.2, 0.25) is 0 Å². The molecule has 1 aromatic rings. The Bertz CT molecular complexity index is 446. The van der Waals surface area contributed by atoms with Crippen LogP contribution < -0.4 is 0 Å². The molecule has 0 aliphatic carbocycles. The standard InChI is InChI=1S/C17H27N3/c1-3-15-7-6-9-18-17(15)13-20-12-16-8-4-5-10-19(16)11-14(20)2/h6-7,9,14,16H,3-5,8,10-13H2,1-2H3. The molecule has 3 heterocycles. The molecule has 0 amide bonds. The van der Waals surface area contributed by atoms with Crippen LogP contribution in [-0.4, -0.2) is 46.5 Å². The maximum atomic E-state index is 4.63. The van der Waals surface area contributed by atoms with E-state index in [1.807, 2.05) is 6.20 Å². The molecule has 0 aromatic carbocycles. The van der Waals surface area contributed by atoms with Gasteiger partial charge in [-0.1, -0.05) is 19.4 Å². The zero-order chi connectivity index (χ0) is 13.9. The number of pyridine rings is 1. The molecule has 3 rings (SSSR count). The summed E-state index contributed by atoms with van der Waals surface area (Å²) in [6.07, 6.45) is 7.21. The van der Waals surface area contributed by atoms with Gasteiger partial charge in [0, 0.05) is 37.9 Å². The lowest BCUT2D eigenvalue weighted by molar-refractivity contribution is 0.0104. The van der Waals surface area contributed by atoms with Crippen molar-refractivity contribution < 1.29 is 0 Å². The van der Waals surface area contributed by atoms with E-state index in [4.69, 9.17) is 0 Å². The molecule has 0 bridgehead atoms. The molecule has 2 aliphatic heterocycles. The van der Waals surface area contributed by atoms with Crippen LogP contribution in [0.4, 0.5) is 0 Å². The Morgan fingerprint density at radius 2 is 2.20 bits per heavy atom. The van der Waals surface area contributed by atoms with Crippen molar-refractivity contribution in [1.29, 1.82) is 0 Å². The molecule has 0 spiro atoms. The van der Waals surface area contributed by atoms with E-state index in [9.17, 15) is 0 Å². The van der Waals surface area contributed by atoms with Crippen LogP contribution in [0, 0.1) is 0 Å². The number of hydrogen-bond donors (Lipinski definition) is 0. The van der Waals surface area contributed by atoms with Gasteiger partial charge < -0.3 is 0 Å². The summed E-state index contributed by atoms with van der Waals surface area (Å²) in [4.78, 5) is 9.99. The van der Waals surface area contributed by atoms with E-state index in [0.717, 1.165) is 19.0 Å². The van der Waals surface area contributed by atoms with Crippen molar-refractivity contribution in [1.82, 2.24) is 14.8 Å². The van der Waals surface area contributed by atoms with Crippen molar-refractivity contribution in [2.75, 3.05) is 19.6 Å².